The molecular weight excluding hydrogens is 377 g/mol. The number of nitrogens with zero attached hydrogens (tertiary/aromatic N) is 1. The molecule has 0 saturated heterocycles. The van der Waals surface area contributed by atoms with Gasteiger partial charge in [0.25, 0.3) is 0 Å². The molecule has 0 bridgehead atoms. The van der Waals surface area contributed by atoms with Crippen LogP contribution < -0.4 is 4.74 Å². The third-order valence-electron chi connectivity index (χ3n) is 4.02. The van der Waals surface area contributed by atoms with Gasteiger partial charge in [-0.15, -0.1) is 0 Å². The number of aryl methyl sites for hydroxylation is 1. The van der Waals surface area contributed by atoms with Gasteiger partial charge in [0, 0.05) is 23.9 Å². The van der Waals surface area contributed by atoms with E-state index in [2.05, 4.69) is 0 Å². The summed E-state index contributed by atoms with van der Waals surface area (Å²) in [6.45, 7) is 3.46. The van der Waals surface area contributed by atoms with Crippen molar-refractivity contribution in [2.24, 2.45) is 0 Å². The predicted molar refractivity (Wildman–Crippen MR) is 101 cm³/mol. The standard InChI is InChI=1S/C19H15Cl2NO4/c1-10-7-15-14(8-16(10)26-11(2)23)17(19(24)25)18(21)22(15)9-12-3-5-13(20)6-4-12/h3-8H,9H2,1-2H3,(H,24,25). The number of benzene rings is 2. The monoisotopic (exact) mass is 391 g/mol. The van der Waals surface area contributed by atoms with E-state index in [0.29, 0.717) is 33.8 Å². The first-order valence-corrected chi connectivity index (χ1v) is 8.52. The molecule has 26 heavy (non-hydrogen) atoms. The first kappa shape index (κ1) is 18.3. The Morgan fingerprint density at radius 1 is 1.15 bits per heavy atom. The first-order chi connectivity index (χ1) is 12.3. The van der Waals surface area contributed by atoms with Crippen molar-refractivity contribution in [3.8, 4) is 5.75 Å². The largest absolute Gasteiger partial charge is 0.478 e. The first-order valence-electron chi connectivity index (χ1n) is 7.76. The molecule has 3 aromatic rings. The average Bonchev–Trinajstić information content (AvgIpc) is 2.81. The van der Waals surface area contributed by atoms with Gasteiger partial charge in [-0.25, -0.2) is 4.79 Å². The minimum absolute atomic E-state index is 0.0240. The highest BCUT2D eigenvalue weighted by Gasteiger charge is 2.23. The van der Waals surface area contributed by atoms with Crippen LogP contribution in [0.25, 0.3) is 10.9 Å². The fourth-order valence-corrected chi connectivity index (χ4v) is 3.30. The van der Waals surface area contributed by atoms with E-state index in [1.165, 1.54) is 6.92 Å². The molecule has 1 aromatic heterocycles. The number of hydrogen-bond donors (Lipinski definition) is 1. The average molecular weight is 392 g/mol. The van der Waals surface area contributed by atoms with Crippen LogP contribution in [0.4, 0.5) is 0 Å². The van der Waals surface area contributed by atoms with Gasteiger partial charge in [-0.2, -0.15) is 0 Å². The van der Waals surface area contributed by atoms with Crippen molar-refractivity contribution < 1.29 is 19.4 Å². The molecular formula is C19H15Cl2NO4. The SMILES string of the molecule is CC(=O)Oc1cc2c(C(=O)O)c(Cl)n(Cc3ccc(Cl)cc3)c2cc1C. The molecule has 0 aliphatic carbocycles. The Balaban J connectivity index is 2.20. The Bertz CT molecular complexity index is 1020. The third-order valence-corrected chi connectivity index (χ3v) is 4.66. The molecule has 0 fully saturated rings. The zero-order valence-electron chi connectivity index (χ0n) is 14.0. The number of rotatable bonds is 4. The third kappa shape index (κ3) is 3.41. The molecule has 134 valence electrons. The zero-order valence-corrected chi connectivity index (χ0v) is 15.6. The van der Waals surface area contributed by atoms with Gasteiger partial charge >= 0.3 is 11.9 Å². The van der Waals surface area contributed by atoms with Gasteiger partial charge in [-0.3, -0.25) is 4.79 Å². The van der Waals surface area contributed by atoms with E-state index in [1.807, 2.05) is 12.1 Å². The molecule has 2 aromatic carbocycles. The van der Waals surface area contributed by atoms with Crippen LogP contribution in [0.15, 0.2) is 36.4 Å². The number of halogens is 2. The van der Waals surface area contributed by atoms with Crippen LogP contribution in [-0.2, 0) is 11.3 Å². The Kier molecular flexibility index (Phi) is 4.94. The number of carbonyl (C=O) groups is 2. The molecule has 1 N–H and O–H groups in total. The second-order valence-corrected chi connectivity index (χ2v) is 6.71. The van der Waals surface area contributed by atoms with Crippen LogP contribution in [0.1, 0.15) is 28.4 Å². The summed E-state index contributed by atoms with van der Waals surface area (Å²) in [5, 5.41) is 10.7. The Morgan fingerprint density at radius 2 is 1.81 bits per heavy atom. The van der Waals surface area contributed by atoms with Crippen molar-refractivity contribution in [2.45, 2.75) is 20.4 Å². The molecule has 1 heterocycles. The maximum absolute atomic E-state index is 11.7. The van der Waals surface area contributed by atoms with Crippen LogP contribution in [0, 0.1) is 6.92 Å². The van der Waals surface area contributed by atoms with Crippen molar-refractivity contribution in [2.75, 3.05) is 0 Å². The summed E-state index contributed by atoms with van der Waals surface area (Å²) in [5.41, 5.74) is 2.25. The normalized spacial score (nSPS) is 10.9. The molecule has 5 nitrogen and oxygen atoms in total. The highest BCUT2D eigenvalue weighted by atomic mass is 35.5. The summed E-state index contributed by atoms with van der Waals surface area (Å²) >= 11 is 12.3. The Labute approximate surface area is 159 Å². The maximum Gasteiger partial charge on any atom is 0.339 e. The Hall–Kier alpha value is -2.50. The molecule has 7 heteroatoms. The lowest BCUT2D eigenvalue weighted by Gasteiger charge is -2.10. The number of aromatic nitrogens is 1. The fourth-order valence-electron chi connectivity index (χ4n) is 2.84. The second kappa shape index (κ2) is 7.02. The number of ether oxygens (including phenoxy) is 1. The molecule has 0 radical (unpaired) electrons. The number of carboxylic acids is 1. The topological polar surface area (TPSA) is 68.5 Å². The minimum atomic E-state index is -1.15. The summed E-state index contributed by atoms with van der Waals surface area (Å²) < 4.78 is 6.89. The predicted octanol–water partition coefficient (Wildman–Crippen LogP) is 4.93. The number of hydrogen-bond acceptors (Lipinski definition) is 3. The van der Waals surface area contributed by atoms with Crippen LogP contribution in [0.3, 0.4) is 0 Å². The van der Waals surface area contributed by atoms with Crippen LogP contribution in [-0.4, -0.2) is 21.6 Å². The van der Waals surface area contributed by atoms with Gasteiger partial charge in [0.15, 0.2) is 0 Å². The van der Waals surface area contributed by atoms with Crippen LogP contribution in [0.5, 0.6) is 5.75 Å². The van der Waals surface area contributed by atoms with Gasteiger partial charge < -0.3 is 14.4 Å². The molecule has 0 unspecified atom stereocenters. The second-order valence-electron chi connectivity index (χ2n) is 5.91. The summed E-state index contributed by atoms with van der Waals surface area (Å²) in [6.07, 6.45) is 0. The highest BCUT2D eigenvalue weighted by molar-refractivity contribution is 6.35. The number of carboxylic acid groups (broad SMARTS) is 1. The molecule has 0 saturated carbocycles. The molecule has 0 spiro atoms. The minimum Gasteiger partial charge on any atom is -0.478 e. The number of carbonyl (C=O) groups excluding carboxylic acids is 1. The van der Waals surface area contributed by atoms with Crippen LogP contribution in [0.2, 0.25) is 10.2 Å². The van der Waals surface area contributed by atoms with E-state index in [-0.39, 0.29) is 10.7 Å². The maximum atomic E-state index is 11.7. The summed E-state index contributed by atoms with van der Waals surface area (Å²) in [7, 11) is 0. The summed E-state index contributed by atoms with van der Waals surface area (Å²) in [5.74, 6) is -1.31. The quantitative estimate of drug-likeness (QED) is 0.505. The van der Waals surface area contributed by atoms with E-state index in [4.69, 9.17) is 27.9 Å². The molecule has 0 atom stereocenters. The lowest BCUT2D eigenvalue weighted by atomic mass is 10.1. The van der Waals surface area contributed by atoms with Crippen molar-refractivity contribution in [3.63, 3.8) is 0 Å². The Morgan fingerprint density at radius 3 is 2.38 bits per heavy atom. The van der Waals surface area contributed by atoms with Crippen molar-refractivity contribution in [3.05, 3.63) is 63.3 Å². The van der Waals surface area contributed by atoms with Gasteiger partial charge in [0.05, 0.1) is 5.52 Å². The smallest absolute Gasteiger partial charge is 0.339 e. The molecule has 0 amide bonds. The van der Waals surface area contributed by atoms with Crippen molar-refractivity contribution in [1.82, 2.24) is 4.57 Å². The highest BCUT2D eigenvalue weighted by Crippen LogP contribution is 2.35. The zero-order chi connectivity index (χ0) is 19.0. The van der Waals surface area contributed by atoms with E-state index in [1.54, 1.807) is 35.8 Å². The number of aromatic carboxylic acids is 1. The van der Waals surface area contributed by atoms with Gasteiger partial charge in [-0.1, -0.05) is 35.3 Å². The number of esters is 1. The molecule has 0 aliphatic heterocycles. The number of fused-ring (bicyclic) bond motifs is 1. The van der Waals surface area contributed by atoms with Crippen molar-refractivity contribution in [1.29, 1.82) is 0 Å². The summed E-state index contributed by atoms with van der Waals surface area (Å²) in [4.78, 5) is 23.0. The van der Waals surface area contributed by atoms with Gasteiger partial charge in [-0.05, 0) is 42.3 Å². The van der Waals surface area contributed by atoms with E-state index in [0.717, 1.165) is 5.56 Å². The van der Waals surface area contributed by atoms with Crippen molar-refractivity contribution >= 4 is 46.0 Å². The molecule has 3 rings (SSSR count). The van der Waals surface area contributed by atoms with E-state index in [9.17, 15) is 14.7 Å². The molecule has 0 aliphatic rings. The van der Waals surface area contributed by atoms with Crippen LogP contribution >= 0.6 is 23.2 Å². The lowest BCUT2D eigenvalue weighted by Crippen LogP contribution is -2.03. The van der Waals surface area contributed by atoms with E-state index < -0.39 is 11.9 Å². The summed E-state index contributed by atoms with van der Waals surface area (Å²) in [6, 6.07) is 10.5. The fraction of sp³-hybridized carbons (Fsp3) is 0.158. The van der Waals surface area contributed by atoms with Gasteiger partial charge in [0.1, 0.15) is 16.5 Å². The lowest BCUT2D eigenvalue weighted by molar-refractivity contribution is -0.131. The van der Waals surface area contributed by atoms with Gasteiger partial charge in [0.2, 0.25) is 0 Å². The van der Waals surface area contributed by atoms with E-state index >= 15 is 0 Å².